The molecule has 3 heteroatoms. The lowest BCUT2D eigenvalue weighted by atomic mass is 10.2. The Morgan fingerprint density at radius 2 is 2.21 bits per heavy atom. The highest BCUT2D eigenvalue weighted by molar-refractivity contribution is 5.39. The predicted molar refractivity (Wildman–Crippen MR) is 55.8 cm³/mol. The van der Waals surface area contributed by atoms with Gasteiger partial charge in [0, 0.05) is 25.3 Å². The normalized spacial score (nSPS) is 18.3. The first-order valence-corrected chi connectivity index (χ1v) is 4.91. The van der Waals surface area contributed by atoms with E-state index < -0.39 is 0 Å². The second-order valence-electron chi connectivity index (χ2n) is 3.54. The Morgan fingerprint density at radius 1 is 1.43 bits per heavy atom. The summed E-state index contributed by atoms with van der Waals surface area (Å²) in [6.07, 6.45) is 0. The maximum Gasteiger partial charge on any atom is 0.0594 e. The van der Waals surface area contributed by atoms with Gasteiger partial charge in [-0.3, -0.25) is 4.90 Å². The second-order valence-corrected chi connectivity index (χ2v) is 3.54. The molecule has 0 amide bonds. The van der Waals surface area contributed by atoms with Crippen LogP contribution in [0.5, 0.6) is 0 Å². The van der Waals surface area contributed by atoms with Gasteiger partial charge in [-0.2, -0.15) is 0 Å². The maximum absolute atomic E-state index is 5.70. The van der Waals surface area contributed by atoms with Gasteiger partial charge in [0.2, 0.25) is 0 Å². The molecule has 1 fully saturated rings. The van der Waals surface area contributed by atoms with E-state index in [0.717, 1.165) is 44.1 Å². The Balaban J connectivity index is 1.95. The van der Waals surface area contributed by atoms with Crippen LogP contribution in [0.1, 0.15) is 5.56 Å². The standard InChI is InChI=1S/C11H15N2O/c12-11-3-1-2-10(8-11)9-13-4-6-14-7-5-13/h1,3,8H,4-7,9,12H2. The number of morpholine rings is 1. The summed E-state index contributed by atoms with van der Waals surface area (Å²) in [5.74, 6) is 0. The molecule has 1 aliphatic rings. The lowest BCUT2D eigenvalue weighted by molar-refractivity contribution is 0.0341. The van der Waals surface area contributed by atoms with E-state index >= 15 is 0 Å². The molecule has 2 rings (SSSR count). The molecule has 0 saturated carbocycles. The van der Waals surface area contributed by atoms with Gasteiger partial charge in [-0.15, -0.1) is 0 Å². The number of rotatable bonds is 2. The summed E-state index contributed by atoms with van der Waals surface area (Å²) in [6.45, 7) is 4.60. The van der Waals surface area contributed by atoms with Gasteiger partial charge in [-0.25, -0.2) is 0 Å². The fourth-order valence-corrected chi connectivity index (χ4v) is 1.63. The number of hydrogen-bond acceptors (Lipinski definition) is 3. The van der Waals surface area contributed by atoms with Crippen LogP contribution >= 0.6 is 0 Å². The summed E-state index contributed by atoms with van der Waals surface area (Å²) in [7, 11) is 0. The molecule has 0 unspecified atom stereocenters. The smallest absolute Gasteiger partial charge is 0.0594 e. The molecule has 0 aromatic heterocycles. The monoisotopic (exact) mass is 191 g/mol. The number of nitrogens with zero attached hydrogens (tertiary/aromatic N) is 1. The van der Waals surface area contributed by atoms with E-state index in [2.05, 4.69) is 11.0 Å². The lowest BCUT2D eigenvalue weighted by Gasteiger charge is -2.26. The number of nitrogens with two attached hydrogens (primary N) is 1. The van der Waals surface area contributed by atoms with Crippen LogP contribution in [0, 0.1) is 6.07 Å². The Bertz CT molecular complexity index is 295. The SMILES string of the molecule is Nc1cc[c]c(CN2CCOCC2)c1. The third kappa shape index (κ3) is 2.47. The van der Waals surface area contributed by atoms with Crippen molar-refractivity contribution in [2.24, 2.45) is 0 Å². The first-order valence-electron chi connectivity index (χ1n) is 4.91. The molecule has 14 heavy (non-hydrogen) atoms. The zero-order valence-corrected chi connectivity index (χ0v) is 8.20. The molecular formula is C11H15N2O. The second kappa shape index (κ2) is 4.44. The van der Waals surface area contributed by atoms with E-state index in [4.69, 9.17) is 10.5 Å². The number of anilines is 1. The number of ether oxygens (including phenoxy) is 1. The highest BCUT2D eigenvalue weighted by Gasteiger charge is 2.10. The van der Waals surface area contributed by atoms with Gasteiger partial charge < -0.3 is 10.5 Å². The van der Waals surface area contributed by atoms with Crippen molar-refractivity contribution in [1.82, 2.24) is 4.90 Å². The summed E-state index contributed by atoms with van der Waals surface area (Å²) in [5.41, 5.74) is 7.67. The van der Waals surface area contributed by atoms with Crippen molar-refractivity contribution in [2.45, 2.75) is 6.54 Å². The third-order valence-electron chi connectivity index (χ3n) is 2.38. The van der Waals surface area contributed by atoms with E-state index in [-0.39, 0.29) is 0 Å². The zero-order chi connectivity index (χ0) is 9.80. The molecule has 1 radical (unpaired) electrons. The molecule has 1 heterocycles. The minimum absolute atomic E-state index is 0.812. The molecule has 75 valence electrons. The highest BCUT2D eigenvalue weighted by atomic mass is 16.5. The van der Waals surface area contributed by atoms with Gasteiger partial charge in [-0.1, -0.05) is 6.07 Å². The summed E-state index contributed by atoms with van der Waals surface area (Å²) >= 11 is 0. The van der Waals surface area contributed by atoms with Crippen LogP contribution in [0.15, 0.2) is 18.2 Å². The number of hydrogen-bond donors (Lipinski definition) is 1. The maximum atomic E-state index is 5.70. The molecule has 0 spiro atoms. The van der Waals surface area contributed by atoms with Gasteiger partial charge in [-0.05, 0) is 23.8 Å². The average molecular weight is 191 g/mol. The first-order chi connectivity index (χ1) is 6.84. The molecule has 0 aliphatic carbocycles. The Labute approximate surface area is 84.5 Å². The summed E-state index contributed by atoms with van der Waals surface area (Å²) in [4.78, 5) is 2.36. The molecular weight excluding hydrogens is 176 g/mol. The van der Waals surface area contributed by atoms with Crippen molar-refractivity contribution in [3.8, 4) is 0 Å². The van der Waals surface area contributed by atoms with Gasteiger partial charge in [0.25, 0.3) is 0 Å². The minimum atomic E-state index is 0.812. The quantitative estimate of drug-likeness (QED) is 0.706. The Kier molecular flexibility index (Phi) is 3.01. The average Bonchev–Trinajstić information content (AvgIpc) is 2.19. The van der Waals surface area contributed by atoms with Crippen LogP contribution in [0.2, 0.25) is 0 Å². The highest BCUT2D eigenvalue weighted by Crippen LogP contribution is 2.09. The van der Waals surface area contributed by atoms with Gasteiger partial charge in [0.05, 0.1) is 13.2 Å². The van der Waals surface area contributed by atoms with E-state index in [0.29, 0.717) is 0 Å². The number of benzene rings is 1. The van der Waals surface area contributed by atoms with Gasteiger partial charge in [0.1, 0.15) is 0 Å². The predicted octanol–water partition coefficient (Wildman–Crippen LogP) is 0.901. The fraction of sp³-hybridized carbons (Fsp3) is 0.455. The van der Waals surface area contributed by atoms with E-state index in [1.807, 2.05) is 18.2 Å². The summed E-state index contributed by atoms with van der Waals surface area (Å²) in [6, 6.07) is 8.92. The minimum Gasteiger partial charge on any atom is -0.399 e. The van der Waals surface area contributed by atoms with Crippen molar-refractivity contribution in [3.05, 3.63) is 29.8 Å². The Morgan fingerprint density at radius 3 is 2.93 bits per heavy atom. The topological polar surface area (TPSA) is 38.5 Å². The Hall–Kier alpha value is -1.06. The zero-order valence-electron chi connectivity index (χ0n) is 8.20. The van der Waals surface area contributed by atoms with Crippen LogP contribution in [0.25, 0.3) is 0 Å². The van der Waals surface area contributed by atoms with Crippen LogP contribution in [-0.2, 0) is 11.3 Å². The van der Waals surface area contributed by atoms with Gasteiger partial charge in [0.15, 0.2) is 0 Å². The van der Waals surface area contributed by atoms with Crippen molar-refractivity contribution in [3.63, 3.8) is 0 Å². The lowest BCUT2D eigenvalue weighted by Crippen LogP contribution is -2.35. The molecule has 1 aliphatic heterocycles. The van der Waals surface area contributed by atoms with Crippen molar-refractivity contribution < 1.29 is 4.74 Å². The molecule has 2 N–H and O–H groups in total. The molecule has 1 saturated heterocycles. The van der Waals surface area contributed by atoms with Crippen molar-refractivity contribution in [2.75, 3.05) is 32.0 Å². The first kappa shape index (κ1) is 9.49. The molecule has 1 aromatic rings. The fourth-order valence-electron chi connectivity index (χ4n) is 1.63. The third-order valence-corrected chi connectivity index (χ3v) is 2.38. The van der Waals surface area contributed by atoms with Crippen LogP contribution < -0.4 is 5.73 Å². The summed E-state index contributed by atoms with van der Waals surface area (Å²) < 4.78 is 5.28. The van der Waals surface area contributed by atoms with Crippen molar-refractivity contribution >= 4 is 5.69 Å². The van der Waals surface area contributed by atoms with Crippen LogP contribution in [0.4, 0.5) is 5.69 Å². The van der Waals surface area contributed by atoms with E-state index in [1.54, 1.807) is 0 Å². The molecule has 1 aromatic carbocycles. The molecule has 0 bridgehead atoms. The van der Waals surface area contributed by atoms with Crippen molar-refractivity contribution in [1.29, 1.82) is 0 Å². The molecule has 3 nitrogen and oxygen atoms in total. The number of nitrogen functional groups attached to an aromatic ring is 1. The van der Waals surface area contributed by atoms with Gasteiger partial charge >= 0.3 is 0 Å². The van der Waals surface area contributed by atoms with Crippen LogP contribution in [-0.4, -0.2) is 31.2 Å². The molecule has 0 atom stereocenters. The summed E-state index contributed by atoms with van der Waals surface area (Å²) in [5, 5.41) is 0. The van der Waals surface area contributed by atoms with E-state index in [1.165, 1.54) is 0 Å². The van der Waals surface area contributed by atoms with E-state index in [9.17, 15) is 0 Å². The largest absolute Gasteiger partial charge is 0.399 e. The van der Waals surface area contributed by atoms with Crippen LogP contribution in [0.3, 0.4) is 0 Å².